The number of anilines is 1. The highest BCUT2D eigenvalue weighted by Gasteiger charge is 2.16. The molecule has 0 unspecified atom stereocenters. The van der Waals surface area contributed by atoms with Crippen molar-refractivity contribution in [1.82, 2.24) is 0 Å². The molecule has 1 aromatic rings. The monoisotopic (exact) mass is 267 g/mol. The van der Waals surface area contributed by atoms with Gasteiger partial charge in [-0.15, -0.1) is 0 Å². The third-order valence-electron chi connectivity index (χ3n) is 2.44. The van der Waals surface area contributed by atoms with Gasteiger partial charge in [-0.3, -0.25) is 0 Å². The third kappa shape index (κ3) is 4.05. The van der Waals surface area contributed by atoms with Crippen molar-refractivity contribution in [3.05, 3.63) is 17.7 Å². The van der Waals surface area contributed by atoms with Gasteiger partial charge in [0.15, 0.2) is 11.5 Å². The Kier molecular flexibility index (Phi) is 5.99. The molecule has 0 heterocycles. The predicted molar refractivity (Wildman–Crippen MR) is 73.8 cm³/mol. The van der Waals surface area contributed by atoms with Gasteiger partial charge in [-0.1, -0.05) is 13.8 Å². The van der Waals surface area contributed by atoms with Crippen LogP contribution >= 0.6 is 0 Å². The van der Waals surface area contributed by atoms with Crippen LogP contribution in [0.4, 0.5) is 5.69 Å². The van der Waals surface area contributed by atoms with Crippen molar-refractivity contribution < 1.29 is 19.0 Å². The van der Waals surface area contributed by atoms with Gasteiger partial charge < -0.3 is 19.9 Å². The van der Waals surface area contributed by atoms with Crippen molar-refractivity contribution >= 4 is 11.7 Å². The number of rotatable bonds is 7. The molecule has 0 fully saturated rings. The van der Waals surface area contributed by atoms with Crippen LogP contribution < -0.4 is 15.2 Å². The molecule has 0 bridgehead atoms. The first-order valence-corrected chi connectivity index (χ1v) is 6.41. The van der Waals surface area contributed by atoms with E-state index in [1.54, 1.807) is 12.1 Å². The summed E-state index contributed by atoms with van der Waals surface area (Å²) in [6.07, 6.45) is 1.75. The van der Waals surface area contributed by atoms with Gasteiger partial charge in [-0.2, -0.15) is 0 Å². The zero-order chi connectivity index (χ0) is 14.3. The van der Waals surface area contributed by atoms with Crippen LogP contribution in [0.3, 0.4) is 0 Å². The van der Waals surface area contributed by atoms with Crippen LogP contribution in [0.2, 0.25) is 0 Å². The van der Waals surface area contributed by atoms with Crippen molar-refractivity contribution in [2.45, 2.75) is 26.7 Å². The molecule has 0 aliphatic carbocycles. The minimum absolute atomic E-state index is 0.289. The minimum atomic E-state index is -0.485. The summed E-state index contributed by atoms with van der Waals surface area (Å²) in [6, 6.07) is 3.18. The highest BCUT2D eigenvalue weighted by Crippen LogP contribution is 2.33. The highest BCUT2D eigenvalue weighted by atomic mass is 16.5. The van der Waals surface area contributed by atoms with Crippen molar-refractivity contribution in [2.24, 2.45) is 0 Å². The molecule has 0 aliphatic heterocycles. The molecule has 0 amide bonds. The molecule has 5 nitrogen and oxygen atoms in total. The molecule has 1 rings (SSSR count). The second-order valence-corrected chi connectivity index (χ2v) is 4.07. The van der Waals surface area contributed by atoms with Crippen LogP contribution in [0, 0.1) is 0 Å². The average molecular weight is 267 g/mol. The smallest absolute Gasteiger partial charge is 0.340 e. The van der Waals surface area contributed by atoms with E-state index in [1.807, 2.05) is 13.8 Å². The molecule has 0 atom stereocenters. The van der Waals surface area contributed by atoms with Gasteiger partial charge in [0, 0.05) is 12.1 Å². The Morgan fingerprint density at radius 3 is 2.11 bits per heavy atom. The molecule has 5 heteroatoms. The third-order valence-corrected chi connectivity index (χ3v) is 2.44. The molecule has 2 N–H and O–H groups in total. The number of ether oxygens (including phenoxy) is 3. The van der Waals surface area contributed by atoms with E-state index in [0.29, 0.717) is 30.4 Å². The maximum atomic E-state index is 11.6. The number of methoxy groups -OCH3 is 1. The Hall–Kier alpha value is -1.91. The lowest BCUT2D eigenvalue weighted by molar-refractivity contribution is 0.0601. The Balaban J connectivity index is 3.08. The molecule has 1 aromatic carbocycles. The summed E-state index contributed by atoms with van der Waals surface area (Å²) in [5.41, 5.74) is 6.44. The maximum absolute atomic E-state index is 11.6. The van der Waals surface area contributed by atoms with E-state index in [9.17, 15) is 4.79 Å². The zero-order valence-corrected chi connectivity index (χ0v) is 11.7. The lowest BCUT2D eigenvalue weighted by Gasteiger charge is -2.14. The van der Waals surface area contributed by atoms with Gasteiger partial charge in [-0.25, -0.2) is 4.79 Å². The van der Waals surface area contributed by atoms with Crippen molar-refractivity contribution in [2.75, 3.05) is 26.1 Å². The summed E-state index contributed by atoms with van der Waals surface area (Å²) in [5, 5.41) is 0. The number of carbonyl (C=O) groups is 1. The lowest BCUT2D eigenvalue weighted by atomic mass is 10.1. The van der Waals surface area contributed by atoms with Gasteiger partial charge >= 0.3 is 5.97 Å². The van der Waals surface area contributed by atoms with Crippen molar-refractivity contribution in [1.29, 1.82) is 0 Å². The number of hydrogen-bond acceptors (Lipinski definition) is 5. The van der Waals surface area contributed by atoms with Crippen LogP contribution in [0.15, 0.2) is 12.1 Å². The fraction of sp³-hybridized carbons (Fsp3) is 0.500. The summed E-state index contributed by atoms with van der Waals surface area (Å²) < 4.78 is 15.8. The average Bonchev–Trinajstić information content (AvgIpc) is 2.43. The quantitative estimate of drug-likeness (QED) is 0.607. The zero-order valence-electron chi connectivity index (χ0n) is 11.7. The van der Waals surface area contributed by atoms with Crippen LogP contribution in [0.5, 0.6) is 11.5 Å². The van der Waals surface area contributed by atoms with Crippen LogP contribution in [-0.2, 0) is 4.74 Å². The SMILES string of the molecule is CCCOc1cc(N)c(C(=O)OC)cc1OCCC. The predicted octanol–water partition coefficient (Wildman–Crippen LogP) is 2.63. The van der Waals surface area contributed by atoms with E-state index in [4.69, 9.17) is 15.2 Å². The second-order valence-electron chi connectivity index (χ2n) is 4.07. The molecule has 0 spiro atoms. The number of nitrogens with two attached hydrogens (primary N) is 1. The van der Waals surface area contributed by atoms with E-state index in [-0.39, 0.29) is 5.56 Å². The van der Waals surface area contributed by atoms with E-state index in [1.165, 1.54) is 7.11 Å². The van der Waals surface area contributed by atoms with E-state index >= 15 is 0 Å². The Morgan fingerprint density at radius 1 is 1.11 bits per heavy atom. The molecule has 0 saturated carbocycles. The number of hydrogen-bond donors (Lipinski definition) is 1. The molecule has 0 aliphatic rings. The fourth-order valence-corrected chi connectivity index (χ4v) is 1.51. The molecule has 0 aromatic heterocycles. The molecular formula is C14H21NO4. The van der Waals surface area contributed by atoms with Crippen LogP contribution in [0.1, 0.15) is 37.0 Å². The molecule has 0 radical (unpaired) electrons. The second kappa shape index (κ2) is 7.51. The van der Waals surface area contributed by atoms with Crippen molar-refractivity contribution in [3.8, 4) is 11.5 Å². The summed E-state index contributed by atoms with van der Waals surface area (Å²) >= 11 is 0. The molecular weight excluding hydrogens is 246 g/mol. The number of carbonyl (C=O) groups excluding carboxylic acids is 1. The lowest BCUT2D eigenvalue weighted by Crippen LogP contribution is -2.08. The first-order valence-electron chi connectivity index (χ1n) is 6.41. The number of benzene rings is 1. The summed E-state index contributed by atoms with van der Waals surface area (Å²) in [6.45, 7) is 5.14. The number of esters is 1. The van der Waals surface area contributed by atoms with Gasteiger partial charge in [0.1, 0.15) is 0 Å². The van der Waals surface area contributed by atoms with Crippen molar-refractivity contribution in [3.63, 3.8) is 0 Å². The molecule has 19 heavy (non-hydrogen) atoms. The van der Waals surface area contributed by atoms with Gasteiger partial charge in [0.2, 0.25) is 0 Å². The Labute approximate surface area is 113 Å². The van der Waals surface area contributed by atoms with Crippen LogP contribution in [0.25, 0.3) is 0 Å². The fourth-order valence-electron chi connectivity index (χ4n) is 1.51. The Morgan fingerprint density at radius 2 is 1.63 bits per heavy atom. The highest BCUT2D eigenvalue weighted by molar-refractivity contribution is 5.96. The van der Waals surface area contributed by atoms with Gasteiger partial charge in [0.25, 0.3) is 0 Å². The van der Waals surface area contributed by atoms with Gasteiger partial charge in [0.05, 0.1) is 31.6 Å². The summed E-state index contributed by atoms with van der Waals surface area (Å²) in [5.74, 6) is 0.589. The summed E-state index contributed by atoms with van der Waals surface area (Å²) in [7, 11) is 1.32. The number of nitrogen functional groups attached to an aromatic ring is 1. The standard InChI is InChI=1S/C14H21NO4/c1-4-6-18-12-8-10(14(16)17-3)11(15)9-13(12)19-7-5-2/h8-9H,4-7,15H2,1-3H3. The van der Waals surface area contributed by atoms with E-state index < -0.39 is 5.97 Å². The van der Waals surface area contributed by atoms with Gasteiger partial charge in [-0.05, 0) is 12.8 Å². The summed E-state index contributed by atoms with van der Waals surface area (Å²) in [4.78, 5) is 11.6. The molecule has 106 valence electrons. The normalized spacial score (nSPS) is 10.1. The minimum Gasteiger partial charge on any atom is -0.490 e. The topological polar surface area (TPSA) is 70.8 Å². The van der Waals surface area contributed by atoms with Crippen LogP contribution in [-0.4, -0.2) is 26.3 Å². The first-order chi connectivity index (χ1) is 9.13. The molecule has 0 saturated heterocycles. The largest absolute Gasteiger partial charge is 0.490 e. The first kappa shape index (κ1) is 15.1. The Bertz CT molecular complexity index is 432. The van der Waals surface area contributed by atoms with E-state index in [2.05, 4.69) is 4.74 Å². The maximum Gasteiger partial charge on any atom is 0.340 e. The van der Waals surface area contributed by atoms with E-state index in [0.717, 1.165) is 12.8 Å².